The number of nitrogens with zero attached hydrogens (tertiary/aromatic N) is 1. The van der Waals surface area contributed by atoms with Crippen molar-refractivity contribution in [3.05, 3.63) is 70.8 Å². The number of hydrogen-bond acceptors (Lipinski definition) is 7. The maximum absolute atomic E-state index is 12.1. The molecule has 2 aromatic rings. The molecule has 2 heterocycles. The van der Waals surface area contributed by atoms with Gasteiger partial charge in [-0.25, -0.2) is 0 Å². The van der Waals surface area contributed by atoms with Crippen molar-refractivity contribution in [3.8, 4) is 0 Å². The van der Waals surface area contributed by atoms with Crippen LogP contribution >= 0.6 is 0 Å². The van der Waals surface area contributed by atoms with Crippen molar-refractivity contribution < 1.29 is 34.4 Å². The molecule has 9 heteroatoms. The van der Waals surface area contributed by atoms with Gasteiger partial charge in [-0.3, -0.25) is 14.5 Å². The first-order chi connectivity index (χ1) is 18.9. The number of aliphatic hydroxyl groups is 2. The molecular formula is C30H40N2O7. The first-order valence-corrected chi connectivity index (χ1v) is 13.9. The summed E-state index contributed by atoms with van der Waals surface area (Å²) in [5.41, 5.74) is 3.72. The van der Waals surface area contributed by atoms with Crippen LogP contribution in [-0.2, 0) is 32.2 Å². The third kappa shape index (κ3) is 8.58. The van der Waals surface area contributed by atoms with Gasteiger partial charge in [0.25, 0.3) is 0 Å². The molecule has 2 aliphatic rings. The van der Waals surface area contributed by atoms with Gasteiger partial charge in [-0.2, -0.15) is 0 Å². The first-order valence-electron chi connectivity index (χ1n) is 13.9. The number of ether oxygens (including phenoxy) is 2. The normalized spacial score (nSPS) is 23.5. The van der Waals surface area contributed by atoms with Crippen molar-refractivity contribution in [1.29, 1.82) is 0 Å². The van der Waals surface area contributed by atoms with Crippen molar-refractivity contribution in [2.24, 2.45) is 0 Å². The fourth-order valence-electron chi connectivity index (χ4n) is 5.28. The molecule has 9 nitrogen and oxygen atoms in total. The molecule has 4 rings (SSSR count). The van der Waals surface area contributed by atoms with Gasteiger partial charge >= 0.3 is 5.97 Å². The Bertz CT molecular complexity index is 1060. The number of hydrogen-bond donors (Lipinski definition) is 4. The van der Waals surface area contributed by atoms with Crippen LogP contribution in [0.2, 0.25) is 0 Å². The van der Waals surface area contributed by atoms with E-state index < -0.39 is 12.3 Å². The van der Waals surface area contributed by atoms with Gasteiger partial charge in [-0.1, -0.05) is 48.5 Å². The Morgan fingerprint density at radius 2 is 1.62 bits per heavy atom. The number of amides is 1. The molecule has 0 aliphatic carbocycles. The monoisotopic (exact) mass is 540 g/mol. The van der Waals surface area contributed by atoms with Crippen molar-refractivity contribution in [2.75, 3.05) is 19.7 Å². The molecule has 39 heavy (non-hydrogen) atoms. The zero-order valence-corrected chi connectivity index (χ0v) is 22.3. The number of rotatable bonds is 13. The third-order valence-corrected chi connectivity index (χ3v) is 7.55. The lowest BCUT2D eigenvalue weighted by Gasteiger charge is -2.38. The molecule has 2 fully saturated rings. The molecule has 0 radical (unpaired) electrons. The fraction of sp³-hybridized carbons (Fsp3) is 0.533. The van der Waals surface area contributed by atoms with Crippen LogP contribution in [0.15, 0.2) is 48.5 Å². The summed E-state index contributed by atoms with van der Waals surface area (Å²) in [5, 5.41) is 30.8. The Balaban J connectivity index is 1.38. The molecule has 0 bridgehead atoms. The Labute approximate surface area is 229 Å². The second-order valence-electron chi connectivity index (χ2n) is 10.4. The van der Waals surface area contributed by atoms with E-state index in [1.165, 1.54) is 0 Å². The second-order valence-corrected chi connectivity index (χ2v) is 10.4. The number of carbonyl (C=O) groups is 2. The largest absolute Gasteiger partial charge is 0.481 e. The highest BCUT2D eigenvalue weighted by Gasteiger charge is 2.35. The van der Waals surface area contributed by atoms with E-state index >= 15 is 0 Å². The topological polar surface area (TPSA) is 129 Å². The van der Waals surface area contributed by atoms with E-state index in [2.05, 4.69) is 10.2 Å². The van der Waals surface area contributed by atoms with Crippen LogP contribution in [0.4, 0.5) is 0 Å². The summed E-state index contributed by atoms with van der Waals surface area (Å²) in [6.07, 6.45) is 3.40. The van der Waals surface area contributed by atoms with E-state index in [1.54, 1.807) is 0 Å². The lowest BCUT2D eigenvalue weighted by atomic mass is 9.99. The van der Waals surface area contributed by atoms with Gasteiger partial charge < -0.3 is 30.1 Å². The quantitative estimate of drug-likeness (QED) is 0.285. The number of nitrogens with one attached hydrogen (secondary N) is 1. The highest BCUT2D eigenvalue weighted by atomic mass is 16.7. The lowest BCUT2D eigenvalue weighted by molar-refractivity contribution is -0.253. The molecule has 4 N–H and O–H groups in total. The van der Waals surface area contributed by atoms with Gasteiger partial charge in [0.1, 0.15) is 0 Å². The van der Waals surface area contributed by atoms with E-state index in [0.717, 1.165) is 48.2 Å². The number of likely N-dealkylation sites (tertiary alicyclic amines) is 1. The molecule has 0 spiro atoms. The standard InChI is InChI=1S/C30H40N2O7/c33-19-22-9-11-23(12-10-22)27-16-26(18-32-15-3-4-25(32)20-34)38-30(39-27)24-13-7-21(8-14-24)17-31-28(35)5-1-2-6-29(36)37/h7-14,25-27,30,33-34H,1-6,15-20H2,(H,31,35)(H,36,37). The SMILES string of the molecule is O=C(O)CCCCC(=O)NCc1ccc(C2OC(CN3CCCC3CO)CC(c3ccc(CO)cc3)O2)cc1. The van der Waals surface area contributed by atoms with Crippen LogP contribution in [0, 0.1) is 0 Å². The molecule has 0 aromatic heterocycles. The average Bonchev–Trinajstić information content (AvgIpc) is 3.41. The average molecular weight is 541 g/mol. The Hall–Kier alpha value is -2.82. The minimum Gasteiger partial charge on any atom is -0.481 e. The molecule has 4 atom stereocenters. The van der Waals surface area contributed by atoms with Gasteiger partial charge in [-0.05, 0) is 48.9 Å². The molecule has 2 saturated heterocycles. The molecule has 2 aliphatic heterocycles. The van der Waals surface area contributed by atoms with Crippen LogP contribution in [0.25, 0.3) is 0 Å². The molecule has 212 valence electrons. The first kappa shape index (κ1) is 29.2. The minimum absolute atomic E-state index is 0.00476. The fourth-order valence-corrected chi connectivity index (χ4v) is 5.28. The van der Waals surface area contributed by atoms with Crippen LogP contribution in [0.1, 0.15) is 79.6 Å². The summed E-state index contributed by atoms with van der Waals surface area (Å²) < 4.78 is 12.9. The summed E-state index contributed by atoms with van der Waals surface area (Å²) >= 11 is 0. The van der Waals surface area contributed by atoms with Crippen molar-refractivity contribution >= 4 is 11.9 Å². The van der Waals surface area contributed by atoms with E-state index in [-0.39, 0.29) is 43.8 Å². The maximum Gasteiger partial charge on any atom is 0.303 e. The summed E-state index contributed by atoms with van der Waals surface area (Å²) in [4.78, 5) is 25.0. The summed E-state index contributed by atoms with van der Waals surface area (Å²) in [5.74, 6) is -0.937. The van der Waals surface area contributed by atoms with Crippen LogP contribution in [0.3, 0.4) is 0 Å². The molecule has 4 unspecified atom stereocenters. The number of aliphatic hydroxyl groups excluding tert-OH is 2. The Morgan fingerprint density at radius 1 is 0.923 bits per heavy atom. The van der Waals surface area contributed by atoms with Gasteiger partial charge in [-0.15, -0.1) is 0 Å². The number of aliphatic carboxylic acids is 1. The highest BCUT2D eigenvalue weighted by molar-refractivity contribution is 5.75. The number of unbranched alkanes of at least 4 members (excludes halogenated alkanes) is 1. The van der Waals surface area contributed by atoms with Gasteiger partial charge in [0.2, 0.25) is 5.91 Å². The van der Waals surface area contributed by atoms with E-state index in [9.17, 15) is 19.8 Å². The number of benzene rings is 2. The molecule has 2 aromatic carbocycles. The molecular weight excluding hydrogens is 500 g/mol. The van der Waals surface area contributed by atoms with Gasteiger partial charge in [0.15, 0.2) is 6.29 Å². The van der Waals surface area contributed by atoms with Crippen LogP contribution in [0.5, 0.6) is 0 Å². The minimum atomic E-state index is -0.843. The predicted octanol–water partition coefficient (Wildman–Crippen LogP) is 3.44. The lowest BCUT2D eigenvalue weighted by Crippen LogP contribution is -2.42. The Morgan fingerprint density at radius 3 is 2.31 bits per heavy atom. The number of carbonyl (C=O) groups excluding carboxylic acids is 1. The maximum atomic E-state index is 12.1. The Kier molecular flexibility index (Phi) is 10.9. The smallest absolute Gasteiger partial charge is 0.303 e. The van der Waals surface area contributed by atoms with Gasteiger partial charge in [0.05, 0.1) is 25.4 Å². The van der Waals surface area contributed by atoms with Crippen LogP contribution in [-0.4, -0.2) is 63.9 Å². The summed E-state index contributed by atoms with van der Waals surface area (Å²) in [6.45, 7) is 2.22. The highest BCUT2D eigenvalue weighted by Crippen LogP contribution is 2.38. The molecule has 1 amide bonds. The predicted molar refractivity (Wildman–Crippen MR) is 144 cm³/mol. The zero-order valence-electron chi connectivity index (χ0n) is 22.3. The third-order valence-electron chi connectivity index (χ3n) is 7.55. The second kappa shape index (κ2) is 14.5. The van der Waals surface area contributed by atoms with E-state index in [0.29, 0.717) is 32.2 Å². The van der Waals surface area contributed by atoms with Crippen LogP contribution < -0.4 is 5.32 Å². The summed E-state index contributed by atoms with van der Waals surface area (Å²) in [6, 6.07) is 15.8. The number of carboxylic acid groups (broad SMARTS) is 1. The van der Waals surface area contributed by atoms with Crippen molar-refractivity contribution in [3.63, 3.8) is 0 Å². The van der Waals surface area contributed by atoms with Crippen molar-refractivity contribution in [2.45, 2.75) is 82.6 Å². The number of carboxylic acids is 1. The summed E-state index contributed by atoms with van der Waals surface area (Å²) in [7, 11) is 0. The van der Waals surface area contributed by atoms with Gasteiger partial charge in [0, 0.05) is 44.0 Å². The van der Waals surface area contributed by atoms with E-state index in [1.807, 2.05) is 48.5 Å². The zero-order chi connectivity index (χ0) is 27.6. The molecule has 0 saturated carbocycles. The van der Waals surface area contributed by atoms with E-state index in [4.69, 9.17) is 14.6 Å². The van der Waals surface area contributed by atoms with Crippen molar-refractivity contribution in [1.82, 2.24) is 10.2 Å².